The van der Waals surface area contributed by atoms with Crippen molar-refractivity contribution in [2.75, 3.05) is 0 Å². The van der Waals surface area contributed by atoms with Crippen LogP contribution in [0.5, 0.6) is 0 Å². The molecule has 0 spiro atoms. The highest BCUT2D eigenvalue weighted by atomic mass is 16.6. The Bertz CT molecular complexity index is 942. The fraction of sp³-hybridized carbons (Fsp3) is 0.385. The van der Waals surface area contributed by atoms with Crippen LogP contribution in [-0.4, -0.2) is 23.0 Å². The van der Waals surface area contributed by atoms with Gasteiger partial charge in [0, 0.05) is 11.8 Å². The van der Waals surface area contributed by atoms with Gasteiger partial charge in [0.2, 0.25) is 5.78 Å². The topological polar surface area (TPSA) is 63.6 Å². The number of hydrogen-bond acceptors (Lipinski definition) is 4. The fourth-order valence-electron chi connectivity index (χ4n) is 4.50. The number of rotatable bonds is 7. The smallest absolute Gasteiger partial charge is 0.339 e. The number of benzene rings is 2. The van der Waals surface area contributed by atoms with Crippen LogP contribution in [0.2, 0.25) is 0 Å². The molecule has 3 unspecified atom stereocenters. The van der Waals surface area contributed by atoms with Crippen LogP contribution in [0.1, 0.15) is 43.7 Å². The Labute approximate surface area is 177 Å². The Morgan fingerprint density at radius 3 is 2.13 bits per heavy atom. The van der Waals surface area contributed by atoms with E-state index in [-0.39, 0.29) is 29.2 Å². The highest BCUT2D eigenvalue weighted by Crippen LogP contribution is 2.48. The summed E-state index contributed by atoms with van der Waals surface area (Å²) < 4.78 is 5.75. The van der Waals surface area contributed by atoms with Crippen molar-refractivity contribution in [3.05, 3.63) is 83.1 Å². The summed E-state index contributed by atoms with van der Waals surface area (Å²) in [6.07, 6.45) is 1.60. The number of esters is 1. The number of aliphatic hydroxyl groups excluding tert-OH is 1. The molecule has 3 atom stereocenters. The molecular weight excluding hydrogens is 376 g/mol. The average Bonchev–Trinajstić information content (AvgIpc) is 3.58. The monoisotopic (exact) mass is 404 g/mol. The van der Waals surface area contributed by atoms with Gasteiger partial charge in [0.1, 0.15) is 0 Å². The van der Waals surface area contributed by atoms with Crippen molar-refractivity contribution >= 4 is 11.8 Å². The Balaban J connectivity index is 1.66. The molecule has 1 N–H and O–H groups in total. The number of carbonyl (C=O) groups excluding carboxylic acids is 2. The third-order valence-electron chi connectivity index (χ3n) is 6.32. The van der Waals surface area contributed by atoms with Crippen LogP contribution in [0.25, 0.3) is 0 Å². The predicted octanol–water partition coefficient (Wildman–Crippen LogP) is 5.00. The molecule has 4 heteroatoms. The molecule has 1 fully saturated rings. The molecule has 1 heterocycles. The predicted molar refractivity (Wildman–Crippen MR) is 115 cm³/mol. The van der Waals surface area contributed by atoms with Gasteiger partial charge in [-0.1, -0.05) is 74.5 Å². The first-order chi connectivity index (χ1) is 14.5. The third kappa shape index (κ3) is 4.04. The maximum atomic E-state index is 13.2. The second kappa shape index (κ2) is 8.47. The lowest BCUT2D eigenvalue weighted by atomic mass is 9.79. The molecule has 0 aromatic heterocycles. The van der Waals surface area contributed by atoms with E-state index in [9.17, 15) is 14.7 Å². The third-order valence-corrected chi connectivity index (χ3v) is 6.32. The minimum Gasteiger partial charge on any atom is -0.504 e. The molecule has 4 nitrogen and oxygen atoms in total. The lowest BCUT2D eigenvalue weighted by Crippen LogP contribution is -2.44. The van der Waals surface area contributed by atoms with E-state index in [0.29, 0.717) is 6.42 Å². The molecule has 1 aliphatic heterocycles. The van der Waals surface area contributed by atoms with E-state index in [1.165, 1.54) is 0 Å². The summed E-state index contributed by atoms with van der Waals surface area (Å²) in [6, 6.07) is 19.5. The first kappa shape index (κ1) is 20.4. The maximum absolute atomic E-state index is 13.2. The minimum atomic E-state index is -0.961. The van der Waals surface area contributed by atoms with Gasteiger partial charge in [0.25, 0.3) is 0 Å². The molecule has 1 aliphatic carbocycles. The van der Waals surface area contributed by atoms with E-state index in [1.807, 2.05) is 74.5 Å². The second-order valence-electron chi connectivity index (χ2n) is 8.78. The van der Waals surface area contributed by atoms with Gasteiger partial charge < -0.3 is 9.84 Å². The molecule has 1 saturated carbocycles. The molecule has 0 amide bonds. The van der Waals surface area contributed by atoms with Crippen molar-refractivity contribution in [1.29, 1.82) is 0 Å². The van der Waals surface area contributed by atoms with Crippen molar-refractivity contribution in [1.82, 2.24) is 0 Å². The van der Waals surface area contributed by atoms with Gasteiger partial charge in [-0.25, -0.2) is 4.79 Å². The summed E-state index contributed by atoms with van der Waals surface area (Å²) in [5.74, 6) is -1.58. The van der Waals surface area contributed by atoms with Crippen LogP contribution in [-0.2, 0) is 20.7 Å². The molecule has 0 saturated heterocycles. The SMILES string of the molecule is CC(C)C(Cc1ccccc1)C1OC(=O)C(C(c2ccccc2)C2CC2)=C(O)C1=O. The van der Waals surface area contributed by atoms with E-state index in [2.05, 4.69) is 0 Å². The van der Waals surface area contributed by atoms with Crippen LogP contribution < -0.4 is 0 Å². The highest BCUT2D eigenvalue weighted by Gasteiger charge is 2.47. The normalized spacial score (nSPS) is 21.5. The van der Waals surface area contributed by atoms with Crippen molar-refractivity contribution in [3.63, 3.8) is 0 Å². The van der Waals surface area contributed by atoms with Crippen molar-refractivity contribution in [2.45, 2.75) is 45.1 Å². The first-order valence-corrected chi connectivity index (χ1v) is 10.7. The zero-order valence-corrected chi connectivity index (χ0v) is 17.5. The first-order valence-electron chi connectivity index (χ1n) is 10.7. The standard InChI is InChI=1S/C26H28O4/c1-16(2)20(15-17-9-5-3-6-10-17)25-24(28)23(27)22(26(29)30-25)21(19-13-14-19)18-11-7-4-8-12-18/h3-12,16,19-21,25,27H,13-15H2,1-2H3. The Morgan fingerprint density at radius 2 is 1.57 bits per heavy atom. The van der Waals surface area contributed by atoms with Gasteiger partial charge in [-0.05, 0) is 42.2 Å². The largest absolute Gasteiger partial charge is 0.504 e. The van der Waals surface area contributed by atoms with E-state index in [1.54, 1.807) is 0 Å². The number of ether oxygens (including phenoxy) is 1. The second-order valence-corrected chi connectivity index (χ2v) is 8.78. The van der Waals surface area contributed by atoms with Gasteiger partial charge in [0.05, 0.1) is 5.57 Å². The van der Waals surface area contributed by atoms with E-state index < -0.39 is 23.6 Å². The van der Waals surface area contributed by atoms with Gasteiger partial charge in [-0.15, -0.1) is 0 Å². The van der Waals surface area contributed by atoms with Crippen LogP contribution in [0, 0.1) is 17.8 Å². The Hall–Kier alpha value is -2.88. The number of ketones is 1. The number of aliphatic hydroxyl groups is 1. The molecule has 4 rings (SSSR count). The van der Waals surface area contributed by atoms with Crippen LogP contribution in [0.15, 0.2) is 72.0 Å². The van der Waals surface area contributed by atoms with Gasteiger partial charge >= 0.3 is 5.97 Å². The van der Waals surface area contributed by atoms with Crippen LogP contribution in [0.3, 0.4) is 0 Å². The van der Waals surface area contributed by atoms with E-state index >= 15 is 0 Å². The summed E-state index contributed by atoms with van der Waals surface area (Å²) in [5.41, 5.74) is 2.15. The maximum Gasteiger partial charge on any atom is 0.339 e. The van der Waals surface area contributed by atoms with Crippen LogP contribution >= 0.6 is 0 Å². The zero-order chi connectivity index (χ0) is 21.3. The van der Waals surface area contributed by atoms with E-state index in [4.69, 9.17) is 4.74 Å². The summed E-state index contributed by atoms with van der Waals surface area (Å²) in [5, 5.41) is 10.9. The molecule has 2 aromatic carbocycles. The summed E-state index contributed by atoms with van der Waals surface area (Å²) in [6.45, 7) is 4.03. The lowest BCUT2D eigenvalue weighted by Gasteiger charge is -2.33. The molecule has 30 heavy (non-hydrogen) atoms. The van der Waals surface area contributed by atoms with Gasteiger partial charge in [-0.2, -0.15) is 0 Å². The summed E-state index contributed by atoms with van der Waals surface area (Å²) >= 11 is 0. The molecule has 0 radical (unpaired) electrons. The van der Waals surface area contributed by atoms with Gasteiger partial charge in [0.15, 0.2) is 11.9 Å². The Morgan fingerprint density at radius 1 is 0.967 bits per heavy atom. The van der Waals surface area contributed by atoms with E-state index in [0.717, 1.165) is 24.0 Å². The summed E-state index contributed by atoms with van der Waals surface area (Å²) in [4.78, 5) is 26.3. The fourth-order valence-corrected chi connectivity index (χ4v) is 4.50. The number of carbonyl (C=O) groups is 2. The zero-order valence-electron chi connectivity index (χ0n) is 17.5. The highest BCUT2D eigenvalue weighted by molar-refractivity contribution is 6.09. The molecule has 2 aromatic rings. The number of cyclic esters (lactones) is 1. The molecule has 2 aliphatic rings. The Kier molecular flexibility index (Phi) is 5.76. The van der Waals surface area contributed by atoms with Gasteiger partial charge in [-0.3, -0.25) is 4.79 Å². The van der Waals surface area contributed by atoms with Crippen molar-refractivity contribution in [3.8, 4) is 0 Å². The lowest BCUT2D eigenvalue weighted by molar-refractivity contribution is -0.159. The number of hydrogen-bond donors (Lipinski definition) is 1. The molecular formula is C26H28O4. The average molecular weight is 405 g/mol. The van der Waals surface area contributed by atoms with Crippen LogP contribution in [0.4, 0.5) is 0 Å². The quantitative estimate of drug-likeness (QED) is 0.660. The molecule has 156 valence electrons. The van der Waals surface area contributed by atoms with Crippen molar-refractivity contribution in [2.24, 2.45) is 17.8 Å². The van der Waals surface area contributed by atoms with Crippen molar-refractivity contribution < 1.29 is 19.4 Å². The minimum absolute atomic E-state index is 0.106. The molecule has 0 bridgehead atoms. The number of Topliss-reactive ketones (excluding diaryl/α,β-unsaturated/α-hetero) is 1. The summed E-state index contributed by atoms with van der Waals surface area (Å²) in [7, 11) is 0.